The van der Waals surface area contributed by atoms with Crippen molar-refractivity contribution in [1.29, 1.82) is 0 Å². The van der Waals surface area contributed by atoms with Gasteiger partial charge in [0.1, 0.15) is 6.04 Å². The Morgan fingerprint density at radius 3 is 2.78 bits per heavy atom. The summed E-state index contributed by atoms with van der Waals surface area (Å²) in [6.45, 7) is 0. The maximum atomic E-state index is 12.4. The normalized spacial score (nSPS) is 21.3. The molecule has 1 saturated heterocycles. The number of halogens is 1. The van der Waals surface area contributed by atoms with Gasteiger partial charge in [0.05, 0.1) is 5.88 Å². The van der Waals surface area contributed by atoms with E-state index in [9.17, 15) is 13.2 Å². The Labute approximate surface area is 116 Å². The van der Waals surface area contributed by atoms with Gasteiger partial charge in [-0.05, 0) is 15.9 Å². The Kier molecular flexibility index (Phi) is 3.67. The second-order valence-electron chi connectivity index (χ2n) is 3.56. The van der Waals surface area contributed by atoms with Crippen molar-refractivity contribution in [2.24, 2.45) is 7.05 Å². The Bertz CT molecular complexity index is 567. The van der Waals surface area contributed by atoms with Crippen molar-refractivity contribution in [3.8, 4) is 0 Å². The van der Waals surface area contributed by atoms with Crippen LogP contribution in [0.4, 0.5) is 0 Å². The maximum absolute atomic E-state index is 12.4. The molecule has 1 atom stereocenters. The first-order valence-electron chi connectivity index (χ1n) is 4.73. The molecule has 2 rings (SSSR count). The van der Waals surface area contributed by atoms with Gasteiger partial charge in [-0.2, -0.15) is 4.31 Å². The smallest absolute Gasteiger partial charge is 0.322 e. The van der Waals surface area contributed by atoms with E-state index in [4.69, 9.17) is 5.11 Å². The lowest BCUT2D eigenvalue weighted by atomic mass is 10.4. The highest BCUT2D eigenvalue weighted by Gasteiger charge is 2.42. The van der Waals surface area contributed by atoms with E-state index in [2.05, 4.69) is 26.2 Å². The summed E-state index contributed by atoms with van der Waals surface area (Å²) in [4.78, 5) is 11.0. The Morgan fingerprint density at radius 2 is 2.28 bits per heavy atom. The number of hydrogen-bond donors (Lipinski definition) is 1. The zero-order valence-electron chi connectivity index (χ0n) is 9.15. The average molecular weight is 357 g/mol. The molecular weight excluding hydrogens is 348 g/mol. The van der Waals surface area contributed by atoms with E-state index in [1.54, 1.807) is 0 Å². The van der Waals surface area contributed by atoms with Gasteiger partial charge in [0, 0.05) is 12.8 Å². The van der Waals surface area contributed by atoms with Crippen LogP contribution in [0.3, 0.4) is 0 Å². The number of aryl methyl sites for hydroxylation is 1. The van der Waals surface area contributed by atoms with Crippen LogP contribution in [-0.2, 0) is 21.9 Å². The van der Waals surface area contributed by atoms with Crippen molar-refractivity contribution >= 4 is 43.7 Å². The van der Waals surface area contributed by atoms with Gasteiger partial charge in [-0.25, -0.2) is 13.1 Å². The number of hydrogen-bond acceptors (Lipinski definition) is 6. The van der Waals surface area contributed by atoms with Gasteiger partial charge in [0.25, 0.3) is 10.0 Å². The summed E-state index contributed by atoms with van der Waals surface area (Å²) in [5, 5.41) is 16.0. The van der Waals surface area contributed by atoms with E-state index >= 15 is 0 Å². The van der Waals surface area contributed by atoms with Crippen molar-refractivity contribution in [1.82, 2.24) is 19.3 Å². The second-order valence-corrected chi connectivity index (χ2v) is 7.11. The van der Waals surface area contributed by atoms with E-state index in [1.807, 2.05) is 0 Å². The first-order valence-corrected chi connectivity index (χ1v) is 8.12. The SMILES string of the molecule is Cn1nnc(Br)c1S(=O)(=O)N1CSCC1C(=O)O. The summed E-state index contributed by atoms with van der Waals surface area (Å²) in [5.41, 5.74) is 0. The molecule has 1 aromatic rings. The molecule has 0 aliphatic carbocycles. The third-order valence-corrected chi connectivity index (χ3v) is 6.34. The minimum absolute atomic E-state index is 0.0750. The highest BCUT2D eigenvalue weighted by atomic mass is 79.9. The molecule has 1 aliphatic heterocycles. The van der Waals surface area contributed by atoms with Crippen LogP contribution in [0, 0.1) is 0 Å². The Balaban J connectivity index is 2.46. The van der Waals surface area contributed by atoms with E-state index in [1.165, 1.54) is 18.8 Å². The summed E-state index contributed by atoms with van der Waals surface area (Å²) < 4.78 is 26.9. The molecule has 18 heavy (non-hydrogen) atoms. The van der Waals surface area contributed by atoms with Gasteiger partial charge in [-0.1, -0.05) is 5.21 Å². The molecule has 0 aromatic carbocycles. The van der Waals surface area contributed by atoms with Gasteiger partial charge in [-0.3, -0.25) is 4.79 Å². The first-order chi connectivity index (χ1) is 8.35. The molecule has 1 aliphatic rings. The lowest BCUT2D eigenvalue weighted by Crippen LogP contribution is -2.42. The zero-order chi connectivity index (χ0) is 13.5. The topological polar surface area (TPSA) is 105 Å². The van der Waals surface area contributed by atoms with Gasteiger partial charge < -0.3 is 5.11 Å². The molecule has 1 unspecified atom stereocenters. The molecular formula is C7H9BrN4O4S2. The summed E-state index contributed by atoms with van der Waals surface area (Å²) in [6, 6.07) is -1.05. The molecule has 0 bridgehead atoms. The monoisotopic (exact) mass is 356 g/mol. The molecule has 1 fully saturated rings. The number of aromatic nitrogens is 3. The quantitative estimate of drug-likeness (QED) is 0.794. The molecule has 1 aromatic heterocycles. The zero-order valence-corrected chi connectivity index (χ0v) is 12.4. The van der Waals surface area contributed by atoms with Crippen LogP contribution >= 0.6 is 27.7 Å². The number of thioether (sulfide) groups is 1. The van der Waals surface area contributed by atoms with Crippen LogP contribution in [0.1, 0.15) is 0 Å². The molecule has 2 heterocycles. The van der Waals surface area contributed by atoms with Crippen LogP contribution in [0.25, 0.3) is 0 Å². The van der Waals surface area contributed by atoms with Crippen molar-refractivity contribution in [3.05, 3.63) is 4.60 Å². The van der Waals surface area contributed by atoms with Gasteiger partial charge >= 0.3 is 5.97 Å². The second kappa shape index (κ2) is 4.79. The van der Waals surface area contributed by atoms with Gasteiger partial charge in [0.15, 0.2) is 4.60 Å². The highest BCUT2D eigenvalue weighted by Crippen LogP contribution is 2.30. The predicted octanol–water partition coefficient (Wildman–Crippen LogP) is -0.274. The van der Waals surface area contributed by atoms with Crippen molar-refractivity contribution < 1.29 is 18.3 Å². The summed E-state index contributed by atoms with van der Waals surface area (Å²) in [5.74, 6) is -0.816. The summed E-state index contributed by atoms with van der Waals surface area (Å²) in [6.07, 6.45) is 0. The highest BCUT2D eigenvalue weighted by molar-refractivity contribution is 9.10. The minimum atomic E-state index is -3.93. The van der Waals surface area contributed by atoms with Crippen molar-refractivity contribution in [2.45, 2.75) is 11.1 Å². The number of carboxylic acids is 1. The number of rotatable bonds is 3. The first kappa shape index (κ1) is 13.8. The lowest BCUT2D eigenvalue weighted by Gasteiger charge is -2.19. The third kappa shape index (κ3) is 2.15. The molecule has 8 nitrogen and oxygen atoms in total. The fourth-order valence-corrected chi connectivity index (χ4v) is 5.74. The van der Waals surface area contributed by atoms with Crippen LogP contribution in [0.2, 0.25) is 0 Å². The number of carbonyl (C=O) groups is 1. The van der Waals surface area contributed by atoms with Crippen molar-refractivity contribution in [3.63, 3.8) is 0 Å². The minimum Gasteiger partial charge on any atom is -0.480 e. The fourth-order valence-electron chi connectivity index (χ4n) is 1.57. The van der Waals surface area contributed by atoms with Crippen molar-refractivity contribution in [2.75, 3.05) is 11.6 Å². The Morgan fingerprint density at radius 1 is 1.61 bits per heavy atom. The van der Waals surface area contributed by atoms with E-state index in [-0.39, 0.29) is 21.3 Å². The van der Waals surface area contributed by atoms with Crippen LogP contribution < -0.4 is 0 Å². The fraction of sp³-hybridized carbons (Fsp3) is 0.571. The standard InChI is InChI=1S/C7H9BrN4O4S2/c1-11-6(5(8)9-10-11)18(15,16)12-3-17-2-4(12)7(13)14/h4H,2-3H2,1H3,(H,13,14). The Hall–Kier alpha value is -0.650. The molecule has 0 saturated carbocycles. The largest absolute Gasteiger partial charge is 0.480 e. The molecule has 100 valence electrons. The van der Waals surface area contributed by atoms with E-state index in [0.717, 1.165) is 8.99 Å². The third-order valence-electron chi connectivity index (χ3n) is 2.42. The van der Waals surface area contributed by atoms with Gasteiger partial charge in [-0.15, -0.1) is 16.9 Å². The number of aliphatic carboxylic acids is 1. The number of nitrogens with zero attached hydrogens (tertiary/aromatic N) is 4. The van der Waals surface area contributed by atoms with Crippen LogP contribution in [0.5, 0.6) is 0 Å². The van der Waals surface area contributed by atoms with Crippen LogP contribution in [0.15, 0.2) is 9.63 Å². The number of carboxylic acid groups (broad SMARTS) is 1. The lowest BCUT2D eigenvalue weighted by molar-refractivity contribution is -0.140. The molecule has 0 radical (unpaired) electrons. The van der Waals surface area contributed by atoms with Crippen LogP contribution in [-0.4, -0.2) is 56.5 Å². The number of sulfonamides is 1. The summed E-state index contributed by atoms with van der Waals surface area (Å²) >= 11 is 4.26. The summed E-state index contributed by atoms with van der Waals surface area (Å²) in [7, 11) is -2.49. The molecule has 0 amide bonds. The van der Waals surface area contributed by atoms with Gasteiger partial charge in [0.2, 0.25) is 5.03 Å². The van der Waals surface area contributed by atoms with E-state index < -0.39 is 22.0 Å². The molecule has 1 N–H and O–H groups in total. The predicted molar refractivity (Wildman–Crippen MR) is 66.5 cm³/mol. The molecule has 0 spiro atoms. The molecule has 11 heteroatoms. The average Bonchev–Trinajstić information content (AvgIpc) is 2.85. The van der Waals surface area contributed by atoms with E-state index in [0.29, 0.717) is 0 Å². The maximum Gasteiger partial charge on any atom is 0.322 e.